The van der Waals surface area contributed by atoms with Crippen LogP contribution in [0.3, 0.4) is 0 Å². The maximum absolute atomic E-state index is 3.84. The number of benzene rings is 1. The van der Waals surface area contributed by atoms with Crippen molar-refractivity contribution in [2.75, 3.05) is 6.54 Å². The van der Waals surface area contributed by atoms with Crippen LogP contribution in [0, 0.1) is 18.3 Å². The van der Waals surface area contributed by atoms with Gasteiger partial charge in [0.15, 0.2) is 0 Å². The van der Waals surface area contributed by atoms with Gasteiger partial charge in [0.2, 0.25) is 0 Å². The fraction of sp³-hybridized carbons (Fsp3) is 0.684. The molecule has 1 saturated carbocycles. The molecular formula is C19H31N. The standard InChI is InChI=1S/C19H31N/c1-5-13-20-18(16-10-8-9-15(2)14-16)17-11-6-7-12-19(17,3)4/h8-10,14,17-18,20H,5-7,11-13H2,1-4H3. The van der Waals surface area contributed by atoms with Gasteiger partial charge in [0.25, 0.3) is 0 Å². The first-order chi connectivity index (χ1) is 9.54. The lowest BCUT2D eigenvalue weighted by Gasteiger charge is -2.44. The first kappa shape index (κ1) is 15.6. The third kappa shape index (κ3) is 3.63. The van der Waals surface area contributed by atoms with E-state index in [1.54, 1.807) is 0 Å². The van der Waals surface area contributed by atoms with Crippen LogP contribution in [0.4, 0.5) is 0 Å². The van der Waals surface area contributed by atoms with Gasteiger partial charge in [0, 0.05) is 6.04 Å². The van der Waals surface area contributed by atoms with Crippen LogP contribution in [-0.2, 0) is 0 Å². The van der Waals surface area contributed by atoms with E-state index in [2.05, 4.69) is 57.3 Å². The Labute approximate surface area is 125 Å². The highest BCUT2D eigenvalue weighted by Crippen LogP contribution is 2.46. The van der Waals surface area contributed by atoms with Crippen molar-refractivity contribution in [1.82, 2.24) is 5.32 Å². The summed E-state index contributed by atoms with van der Waals surface area (Å²) in [6, 6.07) is 9.61. The van der Waals surface area contributed by atoms with Crippen molar-refractivity contribution < 1.29 is 0 Å². The van der Waals surface area contributed by atoms with Crippen molar-refractivity contribution in [2.45, 2.75) is 65.8 Å². The predicted octanol–water partition coefficient (Wildman–Crippen LogP) is 5.25. The highest BCUT2D eigenvalue weighted by Gasteiger charge is 2.37. The molecule has 0 radical (unpaired) electrons. The summed E-state index contributed by atoms with van der Waals surface area (Å²) in [5, 5.41) is 3.84. The molecule has 1 nitrogen and oxygen atoms in total. The summed E-state index contributed by atoms with van der Waals surface area (Å²) >= 11 is 0. The Kier molecular flexibility index (Phi) is 5.26. The molecule has 1 heteroatoms. The lowest BCUT2D eigenvalue weighted by molar-refractivity contribution is 0.0981. The van der Waals surface area contributed by atoms with E-state index in [1.807, 2.05) is 0 Å². The van der Waals surface area contributed by atoms with Gasteiger partial charge in [-0.1, -0.05) is 63.4 Å². The van der Waals surface area contributed by atoms with Crippen LogP contribution in [0.5, 0.6) is 0 Å². The van der Waals surface area contributed by atoms with Crippen LogP contribution in [-0.4, -0.2) is 6.54 Å². The Morgan fingerprint density at radius 3 is 2.75 bits per heavy atom. The monoisotopic (exact) mass is 273 g/mol. The molecule has 0 saturated heterocycles. The minimum absolute atomic E-state index is 0.452. The van der Waals surface area contributed by atoms with Crippen LogP contribution in [0.1, 0.15) is 70.0 Å². The van der Waals surface area contributed by atoms with E-state index >= 15 is 0 Å². The number of aryl methyl sites for hydroxylation is 1. The molecule has 1 fully saturated rings. The second-order valence-electron chi connectivity index (χ2n) is 7.19. The summed E-state index contributed by atoms with van der Waals surface area (Å²) in [4.78, 5) is 0. The van der Waals surface area contributed by atoms with Gasteiger partial charge in [-0.05, 0) is 49.6 Å². The van der Waals surface area contributed by atoms with E-state index in [1.165, 1.54) is 43.2 Å². The molecule has 0 spiro atoms. The third-order valence-electron chi connectivity index (χ3n) is 5.01. The average molecular weight is 273 g/mol. The smallest absolute Gasteiger partial charge is 0.0353 e. The van der Waals surface area contributed by atoms with Crippen molar-refractivity contribution in [3.63, 3.8) is 0 Å². The summed E-state index contributed by atoms with van der Waals surface area (Å²) in [6.07, 6.45) is 6.73. The quantitative estimate of drug-likeness (QED) is 0.772. The summed E-state index contributed by atoms with van der Waals surface area (Å²) in [6.45, 7) is 10.5. The van der Waals surface area contributed by atoms with Crippen LogP contribution in [0.15, 0.2) is 24.3 Å². The lowest BCUT2D eigenvalue weighted by Crippen LogP contribution is -2.39. The normalized spacial score (nSPS) is 23.5. The molecule has 1 aromatic carbocycles. The van der Waals surface area contributed by atoms with Crippen LogP contribution in [0.25, 0.3) is 0 Å². The van der Waals surface area contributed by atoms with Crippen LogP contribution >= 0.6 is 0 Å². The van der Waals surface area contributed by atoms with E-state index in [-0.39, 0.29) is 0 Å². The predicted molar refractivity (Wildman–Crippen MR) is 88.0 cm³/mol. The number of hydrogen-bond donors (Lipinski definition) is 1. The summed E-state index contributed by atoms with van der Waals surface area (Å²) in [5.74, 6) is 0.754. The summed E-state index contributed by atoms with van der Waals surface area (Å²) in [5.41, 5.74) is 3.31. The Morgan fingerprint density at radius 1 is 1.30 bits per heavy atom. The van der Waals surface area contributed by atoms with Gasteiger partial charge in [0.05, 0.1) is 0 Å². The van der Waals surface area contributed by atoms with Gasteiger partial charge in [-0.3, -0.25) is 0 Å². The zero-order valence-electron chi connectivity index (χ0n) is 13.7. The molecule has 1 aliphatic carbocycles. The topological polar surface area (TPSA) is 12.0 Å². The lowest BCUT2D eigenvalue weighted by atomic mass is 9.64. The molecule has 20 heavy (non-hydrogen) atoms. The molecule has 112 valence electrons. The van der Waals surface area contributed by atoms with Crippen molar-refractivity contribution in [1.29, 1.82) is 0 Å². The molecule has 0 aromatic heterocycles. The van der Waals surface area contributed by atoms with Crippen molar-refractivity contribution >= 4 is 0 Å². The third-order valence-corrected chi connectivity index (χ3v) is 5.01. The van der Waals surface area contributed by atoms with Gasteiger partial charge in [0.1, 0.15) is 0 Å². The highest BCUT2D eigenvalue weighted by atomic mass is 14.9. The molecular weight excluding hydrogens is 242 g/mol. The van der Waals surface area contributed by atoms with E-state index in [9.17, 15) is 0 Å². The van der Waals surface area contributed by atoms with Crippen molar-refractivity contribution in [3.8, 4) is 0 Å². The molecule has 2 unspecified atom stereocenters. The van der Waals surface area contributed by atoms with E-state index < -0.39 is 0 Å². The minimum atomic E-state index is 0.452. The maximum atomic E-state index is 3.84. The van der Waals surface area contributed by atoms with Gasteiger partial charge in [-0.25, -0.2) is 0 Å². The Bertz CT molecular complexity index is 422. The zero-order valence-corrected chi connectivity index (χ0v) is 13.7. The molecule has 0 aliphatic heterocycles. The van der Waals surface area contributed by atoms with Crippen LogP contribution < -0.4 is 5.32 Å². The zero-order chi connectivity index (χ0) is 14.6. The minimum Gasteiger partial charge on any atom is -0.310 e. The molecule has 2 rings (SSSR count). The number of hydrogen-bond acceptors (Lipinski definition) is 1. The summed E-state index contributed by atoms with van der Waals surface area (Å²) in [7, 11) is 0. The molecule has 1 N–H and O–H groups in total. The Morgan fingerprint density at radius 2 is 2.10 bits per heavy atom. The average Bonchev–Trinajstić information content (AvgIpc) is 2.40. The molecule has 0 heterocycles. The van der Waals surface area contributed by atoms with E-state index in [0.29, 0.717) is 11.5 Å². The first-order valence-corrected chi connectivity index (χ1v) is 8.34. The molecule has 0 bridgehead atoms. The molecule has 0 amide bonds. The Hall–Kier alpha value is -0.820. The SMILES string of the molecule is CCCNC(c1cccc(C)c1)C1CCCCC1(C)C. The van der Waals surface area contributed by atoms with Crippen LogP contribution in [0.2, 0.25) is 0 Å². The van der Waals surface area contributed by atoms with Gasteiger partial charge in [-0.2, -0.15) is 0 Å². The van der Waals surface area contributed by atoms with E-state index in [4.69, 9.17) is 0 Å². The fourth-order valence-corrected chi connectivity index (χ4v) is 3.79. The summed E-state index contributed by atoms with van der Waals surface area (Å²) < 4.78 is 0. The fourth-order valence-electron chi connectivity index (χ4n) is 3.79. The number of rotatable bonds is 5. The van der Waals surface area contributed by atoms with Gasteiger partial charge < -0.3 is 5.32 Å². The highest BCUT2D eigenvalue weighted by molar-refractivity contribution is 5.26. The second kappa shape index (κ2) is 6.76. The van der Waals surface area contributed by atoms with Gasteiger partial charge in [-0.15, -0.1) is 0 Å². The maximum Gasteiger partial charge on any atom is 0.0353 e. The van der Waals surface area contributed by atoms with Gasteiger partial charge >= 0.3 is 0 Å². The Balaban J connectivity index is 2.26. The van der Waals surface area contributed by atoms with Crippen molar-refractivity contribution in [2.24, 2.45) is 11.3 Å². The molecule has 1 aliphatic rings. The first-order valence-electron chi connectivity index (χ1n) is 8.34. The molecule has 1 aromatic rings. The largest absolute Gasteiger partial charge is 0.310 e. The molecule has 2 atom stereocenters. The van der Waals surface area contributed by atoms with E-state index in [0.717, 1.165) is 12.5 Å². The van der Waals surface area contributed by atoms with Crippen molar-refractivity contribution in [3.05, 3.63) is 35.4 Å². The number of nitrogens with one attached hydrogen (secondary N) is 1. The second-order valence-corrected chi connectivity index (χ2v) is 7.19.